The van der Waals surface area contributed by atoms with Gasteiger partial charge in [-0.1, -0.05) is 64.2 Å². The van der Waals surface area contributed by atoms with Crippen LogP contribution in [0.25, 0.3) is 0 Å². The third kappa shape index (κ3) is 11.0. The summed E-state index contributed by atoms with van der Waals surface area (Å²) in [5.74, 6) is -0.497. The summed E-state index contributed by atoms with van der Waals surface area (Å²) in [5, 5.41) is 5.69. The summed E-state index contributed by atoms with van der Waals surface area (Å²) in [6, 6.07) is 4.29. The lowest BCUT2D eigenvalue weighted by molar-refractivity contribution is -0.142. The number of aryl methyl sites for hydroxylation is 2. The van der Waals surface area contributed by atoms with E-state index in [1.54, 1.807) is 32.6 Å². The molecule has 0 spiro atoms. The summed E-state index contributed by atoms with van der Waals surface area (Å²) in [6.07, 6.45) is 6.30. The van der Waals surface area contributed by atoms with Crippen molar-refractivity contribution in [1.82, 2.24) is 15.5 Å². The number of carbonyl (C=O) groups excluding carboxylic acids is 3. The van der Waals surface area contributed by atoms with Gasteiger partial charge in [-0.05, 0) is 71.1 Å². The number of ether oxygens (including phenoxy) is 1. The van der Waals surface area contributed by atoms with Gasteiger partial charge < -0.3 is 20.3 Å². The molecule has 2 unspecified atom stereocenters. The van der Waals surface area contributed by atoms with Crippen LogP contribution in [0, 0.1) is 13.8 Å². The largest absolute Gasteiger partial charge is 0.444 e. The van der Waals surface area contributed by atoms with Crippen molar-refractivity contribution < 1.29 is 19.1 Å². The van der Waals surface area contributed by atoms with Crippen LogP contribution in [-0.4, -0.2) is 47.5 Å². The molecule has 0 saturated carbocycles. The summed E-state index contributed by atoms with van der Waals surface area (Å²) in [4.78, 5) is 41.3. The molecule has 1 rings (SSSR count). The van der Waals surface area contributed by atoms with E-state index < -0.39 is 23.8 Å². The smallest absolute Gasteiger partial charge is 0.408 e. The molecule has 0 bridgehead atoms. The Morgan fingerprint density at radius 2 is 1.58 bits per heavy atom. The van der Waals surface area contributed by atoms with Crippen molar-refractivity contribution >= 4 is 17.9 Å². The topological polar surface area (TPSA) is 87.7 Å². The highest BCUT2D eigenvalue weighted by Crippen LogP contribution is 2.25. The second-order valence-electron chi connectivity index (χ2n) is 10.7. The highest BCUT2D eigenvalue weighted by Gasteiger charge is 2.34. The van der Waals surface area contributed by atoms with Gasteiger partial charge in [-0.25, -0.2) is 4.79 Å². The third-order valence-electron chi connectivity index (χ3n) is 6.13. The number of nitrogens with one attached hydrogen (secondary N) is 2. The zero-order valence-electron chi connectivity index (χ0n) is 23.8. The first-order valence-corrected chi connectivity index (χ1v) is 13.6. The fraction of sp³-hybridized carbons (Fsp3) is 0.690. The number of rotatable bonds is 14. The maximum atomic E-state index is 13.7. The number of hydrogen-bond donors (Lipinski definition) is 2. The van der Waals surface area contributed by atoms with Crippen LogP contribution in [0.15, 0.2) is 18.2 Å². The number of amides is 3. The molecule has 0 aromatic heterocycles. The molecule has 0 fully saturated rings. The van der Waals surface area contributed by atoms with Crippen LogP contribution in [0.3, 0.4) is 0 Å². The predicted molar refractivity (Wildman–Crippen MR) is 146 cm³/mol. The fourth-order valence-electron chi connectivity index (χ4n) is 3.94. The van der Waals surface area contributed by atoms with Gasteiger partial charge in [0.15, 0.2) is 0 Å². The molecule has 7 heteroatoms. The number of alkyl carbamates (subject to hydrolysis) is 1. The van der Waals surface area contributed by atoms with Gasteiger partial charge in [-0.3, -0.25) is 9.59 Å². The second-order valence-corrected chi connectivity index (χ2v) is 10.7. The van der Waals surface area contributed by atoms with Gasteiger partial charge in [0, 0.05) is 13.1 Å². The lowest BCUT2D eigenvalue weighted by Gasteiger charge is -2.34. The molecule has 2 N–H and O–H groups in total. The second kappa shape index (κ2) is 15.5. The highest BCUT2D eigenvalue weighted by molar-refractivity contribution is 5.92. The van der Waals surface area contributed by atoms with E-state index in [1.165, 1.54) is 0 Å². The summed E-state index contributed by atoms with van der Waals surface area (Å²) in [6.45, 7) is 16.2. The van der Waals surface area contributed by atoms with E-state index in [-0.39, 0.29) is 11.8 Å². The molecule has 1 aromatic rings. The Labute approximate surface area is 218 Å². The summed E-state index contributed by atoms with van der Waals surface area (Å²) >= 11 is 0. The van der Waals surface area contributed by atoms with E-state index in [9.17, 15) is 14.4 Å². The molecular weight excluding hydrogens is 454 g/mol. The number of carbonyl (C=O) groups is 3. The highest BCUT2D eigenvalue weighted by atomic mass is 16.6. The Morgan fingerprint density at radius 1 is 0.944 bits per heavy atom. The van der Waals surface area contributed by atoms with Crippen molar-refractivity contribution in [1.29, 1.82) is 0 Å². The predicted octanol–water partition coefficient (Wildman–Crippen LogP) is 5.97. The molecule has 204 valence electrons. The SMILES string of the molecule is CCCCCCCN(C(=O)C(C)NC(=O)OC(C)(C)C)C(C(=O)NCCCC)c1ccc(C)c(C)c1. The van der Waals surface area contributed by atoms with Crippen molar-refractivity contribution in [2.75, 3.05) is 13.1 Å². The summed E-state index contributed by atoms with van der Waals surface area (Å²) in [5.41, 5.74) is 2.29. The number of benzene rings is 1. The number of hydrogen-bond acceptors (Lipinski definition) is 4. The zero-order chi connectivity index (χ0) is 27.3. The maximum absolute atomic E-state index is 13.7. The quantitative estimate of drug-likeness (QED) is 0.306. The maximum Gasteiger partial charge on any atom is 0.408 e. The lowest BCUT2D eigenvalue weighted by Crippen LogP contribution is -2.52. The van der Waals surface area contributed by atoms with E-state index in [2.05, 4.69) is 24.5 Å². The van der Waals surface area contributed by atoms with Gasteiger partial charge in [0.25, 0.3) is 0 Å². The molecule has 1 aromatic carbocycles. The van der Waals surface area contributed by atoms with Gasteiger partial charge in [-0.2, -0.15) is 0 Å². The Balaban J connectivity index is 3.29. The molecule has 36 heavy (non-hydrogen) atoms. The van der Waals surface area contributed by atoms with Gasteiger partial charge in [0.05, 0.1) is 0 Å². The van der Waals surface area contributed by atoms with E-state index in [1.807, 2.05) is 32.0 Å². The molecule has 0 aliphatic carbocycles. The minimum Gasteiger partial charge on any atom is -0.444 e. The Hall–Kier alpha value is -2.57. The molecule has 0 aliphatic rings. The lowest BCUT2D eigenvalue weighted by atomic mass is 9.98. The van der Waals surface area contributed by atoms with Gasteiger partial charge in [-0.15, -0.1) is 0 Å². The van der Waals surface area contributed by atoms with Crippen LogP contribution in [0.5, 0.6) is 0 Å². The van der Waals surface area contributed by atoms with Gasteiger partial charge in [0.2, 0.25) is 11.8 Å². The normalized spacial score (nSPS) is 13.0. The standard InChI is InChI=1S/C29H49N3O4/c1-9-11-13-14-15-19-32(27(34)23(5)31-28(35)36-29(6,7)8)25(26(33)30-18-12-10-2)24-17-16-21(3)22(4)20-24/h16-17,20,23,25H,9-15,18-19H2,1-8H3,(H,30,33)(H,31,35). The molecule has 0 radical (unpaired) electrons. The van der Waals surface area contributed by atoms with E-state index in [4.69, 9.17) is 4.74 Å². The van der Waals surface area contributed by atoms with Crippen LogP contribution in [0.1, 0.15) is 109 Å². The Kier molecular flexibility index (Phi) is 13.6. The van der Waals surface area contributed by atoms with Crippen LogP contribution >= 0.6 is 0 Å². The molecule has 0 aliphatic heterocycles. The number of unbranched alkanes of at least 4 members (excludes halogenated alkanes) is 5. The van der Waals surface area contributed by atoms with E-state index in [0.717, 1.165) is 61.6 Å². The first-order chi connectivity index (χ1) is 16.9. The van der Waals surface area contributed by atoms with E-state index in [0.29, 0.717) is 13.1 Å². The Morgan fingerprint density at radius 3 is 2.17 bits per heavy atom. The molecule has 7 nitrogen and oxygen atoms in total. The average molecular weight is 504 g/mol. The van der Waals surface area contributed by atoms with Crippen LogP contribution in [0.4, 0.5) is 4.79 Å². The van der Waals surface area contributed by atoms with Crippen molar-refractivity contribution in [3.63, 3.8) is 0 Å². The third-order valence-corrected chi connectivity index (χ3v) is 6.13. The van der Waals surface area contributed by atoms with E-state index >= 15 is 0 Å². The van der Waals surface area contributed by atoms with Crippen molar-refractivity contribution in [3.8, 4) is 0 Å². The van der Waals surface area contributed by atoms with Crippen LogP contribution < -0.4 is 10.6 Å². The van der Waals surface area contributed by atoms with Crippen LogP contribution in [0.2, 0.25) is 0 Å². The summed E-state index contributed by atoms with van der Waals surface area (Å²) < 4.78 is 5.35. The van der Waals surface area contributed by atoms with Crippen molar-refractivity contribution in [2.24, 2.45) is 0 Å². The molecular formula is C29H49N3O4. The summed E-state index contributed by atoms with van der Waals surface area (Å²) in [7, 11) is 0. The first-order valence-electron chi connectivity index (χ1n) is 13.6. The minimum atomic E-state index is -0.840. The average Bonchev–Trinajstić information content (AvgIpc) is 2.78. The van der Waals surface area contributed by atoms with Gasteiger partial charge >= 0.3 is 6.09 Å². The zero-order valence-corrected chi connectivity index (χ0v) is 23.8. The fourth-order valence-corrected chi connectivity index (χ4v) is 3.94. The molecule has 0 saturated heterocycles. The van der Waals surface area contributed by atoms with Gasteiger partial charge in [0.1, 0.15) is 17.7 Å². The molecule has 2 atom stereocenters. The van der Waals surface area contributed by atoms with Crippen LogP contribution in [-0.2, 0) is 14.3 Å². The molecule has 3 amide bonds. The van der Waals surface area contributed by atoms with Crippen molar-refractivity contribution in [2.45, 2.75) is 118 Å². The molecule has 0 heterocycles. The number of nitrogens with zero attached hydrogens (tertiary/aromatic N) is 1. The Bertz CT molecular complexity index is 847. The minimum absolute atomic E-state index is 0.196. The first kappa shape index (κ1) is 31.5. The monoisotopic (exact) mass is 503 g/mol. The van der Waals surface area contributed by atoms with Crippen molar-refractivity contribution in [3.05, 3.63) is 34.9 Å².